The lowest BCUT2D eigenvalue weighted by Crippen LogP contribution is -2.29. The molecule has 2 amide bonds. The van der Waals surface area contributed by atoms with Crippen molar-refractivity contribution in [3.05, 3.63) is 41.2 Å². The average molecular weight is 539 g/mol. The number of pyridine rings is 2. The lowest BCUT2D eigenvalue weighted by molar-refractivity contribution is -0.140. The van der Waals surface area contributed by atoms with Gasteiger partial charge in [0.2, 0.25) is 5.88 Å². The lowest BCUT2D eigenvalue weighted by Gasteiger charge is -2.16. The molecule has 3 heterocycles. The SMILES string of the molecule is CCCNC(=O)Nc1cc(-c2nc(C(F)(F)F)cs2)c(-c2cc(C(=O)O)cnc2OCCN(C)C)cn1. The molecule has 3 rings (SSSR count). The summed E-state index contributed by atoms with van der Waals surface area (Å²) in [4.78, 5) is 37.7. The van der Waals surface area contributed by atoms with Crippen LogP contribution in [0.4, 0.5) is 23.8 Å². The quantitative estimate of drug-likeness (QED) is 0.345. The number of hydrogen-bond donors (Lipinski definition) is 3. The minimum atomic E-state index is -4.66. The normalized spacial score (nSPS) is 11.4. The first-order valence-corrected chi connectivity index (χ1v) is 12.0. The molecule has 0 radical (unpaired) electrons. The molecule has 3 aromatic heterocycles. The average Bonchev–Trinajstić information content (AvgIpc) is 3.34. The number of likely N-dealkylation sites (N-methyl/N-ethyl adjacent to an activating group) is 1. The van der Waals surface area contributed by atoms with Crippen molar-refractivity contribution in [2.75, 3.05) is 39.1 Å². The number of carbonyl (C=O) groups is 2. The molecular weight excluding hydrogens is 513 g/mol. The molecule has 3 N–H and O–H groups in total. The molecule has 0 aliphatic rings. The van der Waals surface area contributed by atoms with Crippen LogP contribution < -0.4 is 15.4 Å². The smallest absolute Gasteiger partial charge is 0.434 e. The highest BCUT2D eigenvalue weighted by molar-refractivity contribution is 7.13. The number of aromatic nitrogens is 3. The summed E-state index contributed by atoms with van der Waals surface area (Å²) in [5.41, 5.74) is -0.615. The van der Waals surface area contributed by atoms with Gasteiger partial charge in [-0.1, -0.05) is 6.92 Å². The van der Waals surface area contributed by atoms with Crippen LogP contribution in [0.5, 0.6) is 5.88 Å². The van der Waals surface area contributed by atoms with Gasteiger partial charge in [-0.3, -0.25) is 5.32 Å². The molecule has 37 heavy (non-hydrogen) atoms. The topological polar surface area (TPSA) is 130 Å². The van der Waals surface area contributed by atoms with Crippen molar-refractivity contribution in [1.29, 1.82) is 0 Å². The van der Waals surface area contributed by atoms with Crippen molar-refractivity contribution < 1.29 is 32.6 Å². The van der Waals surface area contributed by atoms with Crippen LogP contribution in [0, 0.1) is 0 Å². The van der Waals surface area contributed by atoms with Crippen LogP contribution in [0.15, 0.2) is 29.9 Å². The van der Waals surface area contributed by atoms with E-state index in [1.54, 1.807) is 0 Å². The first kappa shape index (κ1) is 27.8. The molecule has 14 heteroatoms. The Morgan fingerprint density at radius 2 is 1.89 bits per heavy atom. The van der Waals surface area contributed by atoms with Crippen LogP contribution in [-0.2, 0) is 6.18 Å². The van der Waals surface area contributed by atoms with Crippen LogP contribution in [-0.4, -0.2) is 70.8 Å². The molecule has 0 fully saturated rings. The van der Waals surface area contributed by atoms with Gasteiger partial charge in [0.1, 0.15) is 17.4 Å². The second kappa shape index (κ2) is 12.0. The van der Waals surface area contributed by atoms with Gasteiger partial charge in [-0.15, -0.1) is 11.3 Å². The molecule has 0 aliphatic heterocycles. The highest BCUT2D eigenvalue weighted by Gasteiger charge is 2.34. The van der Waals surface area contributed by atoms with Crippen molar-refractivity contribution in [2.24, 2.45) is 0 Å². The lowest BCUT2D eigenvalue weighted by atomic mass is 10.0. The number of amides is 2. The number of thiazole rings is 1. The van der Waals surface area contributed by atoms with E-state index in [2.05, 4.69) is 25.6 Å². The van der Waals surface area contributed by atoms with E-state index in [0.717, 1.165) is 22.9 Å². The Kier molecular flexibility index (Phi) is 8.99. The number of carbonyl (C=O) groups excluding carboxylic acids is 1. The van der Waals surface area contributed by atoms with Gasteiger partial charge in [-0.05, 0) is 32.6 Å². The summed E-state index contributed by atoms with van der Waals surface area (Å²) in [6, 6.07) is 2.14. The van der Waals surface area contributed by atoms with E-state index in [-0.39, 0.29) is 45.6 Å². The Bertz CT molecular complexity index is 1270. The summed E-state index contributed by atoms with van der Waals surface area (Å²) in [6.45, 7) is 3.04. The van der Waals surface area contributed by atoms with E-state index < -0.39 is 23.9 Å². The number of nitrogens with zero attached hydrogens (tertiary/aromatic N) is 4. The Labute approximate surface area is 214 Å². The first-order chi connectivity index (χ1) is 17.5. The largest absolute Gasteiger partial charge is 0.478 e. The maximum atomic E-state index is 13.3. The zero-order valence-electron chi connectivity index (χ0n) is 20.2. The molecule has 0 bridgehead atoms. The Balaban J connectivity index is 2.14. The van der Waals surface area contributed by atoms with Gasteiger partial charge in [0.15, 0.2) is 5.69 Å². The van der Waals surface area contributed by atoms with Crippen molar-refractivity contribution in [3.63, 3.8) is 0 Å². The standard InChI is InChI=1S/C23H25F3N6O4S/c1-4-5-27-22(35)31-18-9-15(20-30-17(12-37-20)23(24,25)26)16(11-28-18)14-8-13(21(33)34)10-29-19(14)36-7-6-32(2)3/h8-12H,4-7H2,1-3H3,(H,33,34)(H2,27,28,31,35). The van der Waals surface area contributed by atoms with E-state index >= 15 is 0 Å². The predicted molar refractivity (Wildman–Crippen MR) is 132 cm³/mol. The molecular formula is C23H25F3N6O4S. The fourth-order valence-electron chi connectivity index (χ4n) is 3.04. The number of aromatic carboxylic acids is 1. The summed E-state index contributed by atoms with van der Waals surface area (Å²) in [6.07, 6.45) is -1.52. The molecule has 3 aromatic rings. The predicted octanol–water partition coefficient (Wildman–Crippen LogP) is 4.46. The number of urea groups is 1. The molecule has 0 spiro atoms. The van der Waals surface area contributed by atoms with Gasteiger partial charge in [0.05, 0.1) is 5.56 Å². The minimum absolute atomic E-state index is 0.0123. The first-order valence-electron chi connectivity index (χ1n) is 11.1. The van der Waals surface area contributed by atoms with Crippen LogP contribution in [0.25, 0.3) is 21.7 Å². The monoisotopic (exact) mass is 538 g/mol. The maximum absolute atomic E-state index is 13.3. The molecule has 0 aliphatic carbocycles. The molecule has 0 atom stereocenters. The van der Waals surface area contributed by atoms with Gasteiger partial charge in [-0.2, -0.15) is 13.2 Å². The maximum Gasteiger partial charge on any atom is 0.434 e. The zero-order chi connectivity index (χ0) is 27.2. The van der Waals surface area contributed by atoms with Gasteiger partial charge >= 0.3 is 18.2 Å². The van der Waals surface area contributed by atoms with Crippen molar-refractivity contribution in [3.8, 4) is 27.6 Å². The fraction of sp³-hybridized carbons (Fsp3) is 0.348. The third-order valence-corrected chi connectivity index (χ3v) is 5.75. The number of carboxylic acid groups (broad SMARTS) is 1. The van der Waals surface area contributed by atoms with Crippen LogP contribution >= 0.6 is 11.3 Å². The summed E-state index contributed by atoms with van der Waals surface area (Å²) in [7, 11) is 3.69. The summed E-state index contributed by atoms with van der Waals surface area (Å²) < 4.78 is 45.6. The van der Waals surface area contributed by atoms with E-state index in [1.807, 2.05) is 25.9 Å². The second-order valence-electron chi connectivity index (χ2n) is 8.07. The van der Waals surface area contributed by atoms with Crippen molar-refractivity contribution in [1.82, 2.24) is 25.2 Å². The number of carboxylic acids is 1. The molecule has 0 saturated heterocycles. The van der Waals surface area contributed by atoms with E-state index in [9.17, 15) is 27.9 Å². The Hall–Kier alpha value is -3.78. The van der Waals surface area contributed by atoms with Crippen LogP contribution in [0.1, 0.15) is 29.4 Å². The van der Waals surface area contributed by atoms with Crippen molar-refractivity contribution in [2.45, 2.75) is 19.5 Å². The van der Waals surface area contributed by atoms with Gasteiger partial charge in [-0.25, -0.2) is 24.5 Å². The second-order valence-corrected chi connectivity index (χ2v) is 8.92. The van der Waals surface area contributed by atoms with Crippen LogP contribution in [0.2, 0.25) is 0 Å². The van der Waals surface area contributed by atoms with E-state index in [4.69, 9.17) is 4.74 Å². The number of hydrogen-bond acceptors (Lipinski definition) is 8. The third kappa shape index (κ3) is 7.36. The van der Waals surface area contributed by atoms with Crippen LogP contribution in [0.3, 0.4) is 0 Å². The van der Waals surface area contributed by atoms with Gasteiger partial charge < -0.3 is 20.1 Å². The highest BCUT2D eigenvalue weighted by Crippen LogP contribution is 2.40. The Morgan fingerprint density at radius 1 is 1.14 bits per heavy atom. The molecule has 10 nitrogen and oxygen atoms in total. The van der Waals surface area contributed by atoms with E-state index in [0.29, 0.717) is 19.5 Å². The fourth-order valence-corrected chi connectivity index (χ4v) is 3.90. The van der Waals surface area contributed by atoms with Gasteiger partial charge in [0, 0.05) is 47.6 Å². The highest BCUT2D eigenvalue weighted by atomic mass is 32.1. The summed E-state index contributed by atoms with van der Waals surface area (Å²) in [5, 5.41) is 15.5. The number of anilines is 1. The number of alkyl halides is 3. The molecule has 198 valence electrons. The number of rotatable bonds is 10. The molecule has 0 unspecified atom stereocenters. The molecule has 0 saturated carbocycles. The summed E-state index contributed by atoms with van der Waals surface area (Å²) >= 11 is 0.747. The minimum Gasteiger partial charge on any atom is -0.478 e. The van der Waals surface area contributed by atoms with Gasteiger partial charge in [0.25, 0.3) is 0 Å². The number of ether oxygens (including phenoxy) is 1. The Morgan fingerprint density at radius 3 is 2.51 bits per heavy atom. The molecule has 0 aromatic carbocycles. The number of halogens is 3. The zero-order valence-corrected chi connectivity index (χ0v) is 21.0. The third-order valence-electron chi connectivity index (χ3n) is 4.87. The van der Waals surface area contributed by atoms with E-state index in [1.165, 1.54) is 18.3 Å². The van der Waals surface area contributed by atoms with Crippen molar-refractivity contribution >= 4 is 29.2 Å². The number of nitrogens with one attached hydrogen (secondary N) is 2. The summed E-state index contributed by atoms with van der Waals surface area (Å²) in [5.74, 6) is -1.11.